The van der Waals surface area contributed by atoms with Crippen molar-refractivity contribution in [3.63, 3.8) is 0 Å². The van der Waals surface area contributed by atoms with Crippen molar-refractivity contribution in [2.24, 2.45) is 0 Å². The first-order chi connectivity index (χ1) is 12.7. The minimum Gasteiger partial charge on any atom is -0.475 e. The third-order valence-electron chi connectivity index (χ3n) is 5.54. The fourth-order valence-corrected chi connectivity index (χ4v) is 4.84. The molecular formula is C22H19BrFNO. The molecule has 0 radical (unpaired) electrons. The summed E-state index contributed by atoms with van der Waals surface area (Å²) >= 11 is 3.66. The van der Waals surface area contributed by atoms with E-state index in [9.17, 15) is 4.39 Å². The summed E-state index contributed by atoms with van der Waals surface area (Å²) in [5.74, 6) is 0.720. The standard InChI is InChI=1S/C22H19BrFNO/c23-18-10-9-15(24)13-17(18)22-21-16-6-2-1-5-14(16)8-11-19(21)26-20-7-3-4-12-25(20)22/h1-2,5-6,8-11,13,20,22H,3-4,7,12H2. The number of hydrogen-bond acceptors (Lipinski definition) is 2. The Morgan fingerprint density at radius 2 is 1.92 bits per heavy atom. The van der Waals surface area contributed by atoms with E-state index in [1.807, 2.05) is 6.07 Å². The van der Waals surface area contributed by atoms with E-state index in [2.05, 4.69) is 57.2 Å². The number of piperidine rings is 1. The summed E-state index contributed by atoms with van der Waals surface area (Å²) in [6.45, 7) is 0.959. The third-order valence-corrected chi connectivity index (χ3v) is 6.26. The molecule has 0 N–H and O–H groups in total. The smallest absolute Gasteiger partial charge is 0.153 e. The summed E-state index contributed by atoms with van der Waals surface area (Å²) in [5, 5.41) is 2.36. The molecule has 0 aliphatic carbocycles. The van der Waals surface area contributed by atoms with E-state index in [4.69, 9.17) is 4.74 Å². The molecular weight excluding hydrogens is 393 g/mol. The summed E-state index contributed by atoms with van der Waals surface area (Å²) in [5.41, 5.74) is 2.12. The van der Waals surface area contributed by atoms with Crippen LogP contribution in [-0.2, 0) is 0 Å². The molecule has 2 aliphatic rings. The van der Waals surface area contributed by atoms with Gasteiger partial charge in [0.25, 0.3) is 0 Å². The highest BCUT2D eigenvalue weighted by Gasteiger charge is 2.39. The SMILES string of the molecule is Fc1ccc(Br)c(C2c3c(ccc4ccccc34)OC3CCCCN32)c1. The fraction of sp³-hybridized carbons (Fsp3) is 0.273. The largest absolute Gasteiger partial charge is 0.475 e. The Bertz CT molecular complexity index is 989. The van der Waals surface area contributed by atoms with E-state index in [0.717, 1.165) is 40.7 Å². The van der Waals surface area contributed by atoms with Crippen LogP contribution in [-0.4, -0.2) is 17.7 Å². The van der Waals surface area contributed by atoms with Gasteiger partial charge in [0.2, 0.25) is 0 Å². The van der Waals surface area contributed by atoms with Gasteiger partial charge in [0.1, 0.15) is 11.6 Å². The van der Waals surface area contributed by atoms with Crippen molar-refractivity contribution in [1.82, 2.24) is 4.90 Å². The van der Waals surface area contributed by atoms with Gasteiger partial charge in [-0.3, -0.25) is 4.90 Å². The second-order valence-corrected chi connectivity index (χ2v) is 7.93. The molecule has 4 heteroatoms. The Balaban J connectivity index is 1.80. The second-order valence-electron chi connectivity index (χ2n) is 7.07. The molecule has 1 fully saturated rings. The van der Waals surface area contributed by atoms with Gasteiger partial charge in [0, 0.05) is 16.6 Å². The van der Waals surface area contributed by atoms with Gasteiger partial charge in [-0.05, 0) is 59.9 Å². The molecule has 0 bridgehead atoms. The van der Waals surface area contributed by atoms with Crippen LogP contribution >= 0.6 is 15.9 Å². The zero-order valence-corrected chi connectivity index (χ0v) is 15.9. The minimum absolute atomic E-state index is 0.0137. The van der Waals surface area contributed by atoms with Crippen molar-refractivity contribution in [2.75, 3.05) is 6.54 Å². The van der Waals surface area contributed by atoms with E-state index in [0.29, 0.717) is 0 Å². The number of fused-ring (bicyclic) bond motifs is 4. The van der Waals surface area contributed by atoms with E-state index in [1.165, 1.54) is 23.3 Å². The van der Waals surface area contributed by atoms with Crippen LogP contribution in [0.1, 0.15) is 36.4 Å². The van der Waals surface area contributed by atoms with Crippen LogP contribution in [0, 0.1) is 5.82 Å². The second kappa shape index (κ2) is 6.36. The first-order valence-corrected chi connectivity index (χ1v) is 9.91. The van der Waals surface area contributed by atoms with Crippen molar-refractivity contribution in [3.8, 4) is 5.75 Å². The number of benzene rings is 3. The lowest BCUT2D eigenvalue weighted by molar-refractivity contribution is -0.0415. The Morgan fingerprint density at radius 1 is 1.04 bits per heavy atom. The van der Waals surface area contributed by atoms with Gasteiger partial charge in [-0.1, -0.05) is 46.3 Å². The molecule has 26 heavy (non-hydrogen) atoms. The molecule has 2 heterocycles. The number of hydrogen-bond donors (Lipinski definition) is 0. The van der Waals surface area contributed by atoms with Crippen molar-refractivity contribution in [3.05, 3.63) is 76.0 Å². The lowest BCUT2D eigenvalue weighted by Crippen LogP contribution is -2.48. The normalized spacial score (nSPS) is 22.5. The van der Waals surface area contributed by atoms with Crippen LogP contribution in [0.2, 0.25) is 0 Å². The lowest BCUT2D eigenvalue weighted by Gasteiger charge is -2.46. The van der Waals surface area contributed by atoms with Gasteiger partial charge in [0.15, 0.2) is 6.23 Å². The minimum atomic E-state index is -0.204. The number of halogens is 2. The lowest BCUT2D eigenvalue weighted by atomic mass is 9.88. The average Bonchev–Trinajstić information content (AvgIpc) is 2.68. The fourth-order valence-electron chi connectivity index (χ4n) is 4.38. The Labute approximate surface area is 160 Å². The number of ether oxygens (including phenoxy) is 1. The molecule has 1 saturated heterocycles. The molecule has 2 unspecified atom stereocenters. The van der Waals surface area contributed by atoms with Gasteiger partial charge in [-0.2, -0.15) is 0 Å². The Morgan fingerprint density at radius 3 is 2.85 bits per heavy atom. The molecule has 132 valence electrons. The zero-order valence-electron chi connectivity index (χ0n) is 14.3. The van der Waals surface area contributed by atoms with Gasteiger partial charge < -0.3 is 4.74 Å². The number of nitrogens with zero attached hydrogens (tertiary/aromatic N) is 1. The van der Waals surface area contributed by atoms with E-state index >= 15 is 0 Å². The summed E-state index contributed by atoms with van der Waals surface area (Å²) in [6.07, 6.45) is 3.37. The quantitative estimate of drug-likeness (QED) is 0.484. The van der Waals surface area contributed by atoms with Crippen molar-refractivity contribution >= 4 is 26.7 Å². The van der Waals surface area contributed by atoms with Crippen LogP contribution in [0.3, 0.4) is 0 Å². The predicted molar refractivity (Wildman–Crippen MR) is 105 cm³/mol. The molecule has 2 atom stereocenters. The summed E-state index contributed by atoms with van der Waals surface area (Å²) in [6, 6.07) is 17.5. The maximum Gasteiger partial charge on any atom is 0.153 e. The molecule has 2 nitrogen and oxygen atoms in total. The van der Waals surface area contributed by atoms with Gasteiger partial charge in [-0.15, -0.1) is 0 Å². The van der Waals surface area contributed by atoms with Crippen LogP contribution in [0.5, 0.6) is 5.75 Å². The highest BCUT2D eigenvalue weighted by atomic mass is 79.9. The summed E-state index contributed by atoms with van der Waals surface area (Å²) in [4.78, 5) is 2.40. The highest BCUT2D eigenvalue weighted by Crippen LogP contribution is 2.47. The molecule has 5 rings (SSSR count). The van der Waals surface area contributed by atoms with Gasteiger partial charge in [0.05, 0.1) is 6.04 Å². The first-order valence-electron chi connectivity index (χ1n) is 9.11. The highest BCUT2D eigenvalue weighted by molar-refractivity contribution is 9.10. The average molecular weight is 412 g/mol. The van der Waals surface area contributed by atoms with Crippen molar-refractivity contribution < 1.29 is 9.13 Å². The molecule has 0 amide bonds. The van der Waals surface area contributed by atoms with E-state index in [-0.39, 0.29) is 18.1 Å². The molecule has 3 aromatic carbocycles. The maximum absolute atomic E-state index is 14.1. The van der Waals surface area contributed by atoms with Crippen LogP contribution in [0.25, 0.3) is 10.8 Å². The molecule has 0 saturated carbocycles. The Hall–Kier alpha value is -1.91. The molecule has 3 aromatic rings. The van der Waals surface area contributed by atoms with Crippen molar-refractivity contribution in [1.29, 1.82) is 0 Å². The number of rotatable bonds is 1. The molecule has 2 aliphatic heterocycles. The maximum atomic E-state index is 14.1. The van der Waals surface area contributed by atoms with Crippen LogP contribution in [0.4, 0.5) is 4.39 Å². The van der Waals surface area contributed by atoms with Gasteiger partial charge >= 0.3 is 0 Å². The van der Waals surface area contributed by atoms with Gasteiger partial charge in [-0.25, -0.2) is 4.39 Å². The monoisotopic (exact) mass is 411 g/mol. The molecule has 0 spiro atoms. The summed E-state index contributed by atoms with van der Waals surface area (Å²) < 4.78 is 21.5. The van der Waals surface area contributed by atoms with E-state index < -0.39 is 0 Å². The third kappa shape index (κ3) is 2.55. The molecule has 0 aromatic heterocycles. The van der Waals surface area contributed by atoms with E-state index in [1.54, 1.807) is 6.07 Å². The zero-order chi connectivity index (χ0) is 17.7. The van der Waals surface area contributed by atoms with Crippen LogP contribution < -0.4 is 4.74 Å². The van der Waals surface area contributed by atoms with Crippen LogP contribution in [0.15, 0.2) is 59.1 Å². The first kappa shape index (κ1) is 16.3. The predicted octanol–water partition coefficient (Wildman–Crippen LogP) is 6.04. The topological polar surface area (TPSA) is 12.5 Å². The van der Waals surface area contributed by atoms with Crippen molar-refractivity contribution in [2.45, 2.75) is 31.5 Å². The summed E-state index contributed by atoms with van der Waals surface area (Å²) in [7, 11) is 0. The Kier molecular flexibility index (Phi) is 3.98.